The summed E-state index contributed by atoms with van der Waals surface area (Å²) in [6.07, 6.45) is 3.71. The van der Waals surface area contributed by atoms with Crippen molar-refractivity contribution in [1.82, 2.24) is 9.47 Å². The lowest BCUT2D eigenvalue weighted by atomic mass is 9.97. The number of hydrogen-bond acceptors (Lipinski definition) is 2. The highest BCUT2D eigenvalue weighted by Crippen LogP contribution is 2.43. The standard InChI is InChI=1S/C29H22Cl3N3O2/c30-20-9-7-18(8-10-20)28-26-6-3-13-33(26)24-4-1-2-5-25(24)35(28)27(36)17-34(23-11-12-23)29(37)19-14-21(31)16-22(32)15-19/h1-10,13-16,23,28H,11-12,17H2. The fourth-order valence-electron chi connectivity index (χ4n) is 5.04. The van der Waals surface area contributed by atoms with Gasteiger partial charge in [0, 0.05) is 32.9 Å². The minimum Gasteiger partial charge on any atom is -0.326 e. The number of hydrogen-bond donors (Lipinski definition) is 0. The number of para-hydroxylation sites is 2. The van der Waals surface area contributed by atoms with Crippen LogP contribution in [0, 0.1) is 0 Å². The Morgan fingerprint density at radius 2 is 1.49 bits per heavy atom. The number of nitrogens with zero attached hydrogens (tertiary/aromatic N) is 3. The van der Waals surface area contributed by atoms with Crippen molar-refractivity contribution in [3.8, 4) is 5.69 Å². The first kappa shape index (κ1) is 24.1. The Labute approximate surface area is 229 Å². The molecule has 2 heterocycles. The molecule has 2 amide bonds. The Kier molecular flexibility index (Phi) is 6.23. The van der Waals surface area contributed by atoms with Gasteiger partial charge in [-0.15, -0.1) is 0 Å². The average Bonchev–Trinajstić information content (AvgIpc) is 3.61. The lowest BCUT2D eigenvalue weighted by molar-refractivity contribution is -0.119. The topological polar surface area (TPSA) is 45.6 Å². The maximum atomic E-state index is 14.2. The molecule has 4 aromatic rings. The van der Waals surface area contributed by atoms with Crippen LogP contribution in [0.1, 0.15) is 40.5 Å². The first-order chi connectivity index (χ1) is 17.9. The zero-order valence-electron chi connectivity index (χ0n) is 19.7. The number of amides is 2. The van der Waals surface area contributed by atoms with Gasteiger partial charge in [-0.2, -0.15) is 0 Å². The Morgan fingerprint density at radius 1 is 0.811 bits per heavy atom. The molecule has 0 N–H and O–H groups in total. The summed E-state index contributed by atoms with van der Waals surface area (Å²) < 4.78 is 2.11. The molecule has 2 aliphatic rings. The van der Waals surface area contributed by atoms with Gasteiger partial charge in [-0.1, -0.05) is 59.1 Å². The second-order valence-corrected chi connectivity index (χ2v) is 10.6. The average molecular weight is 551 g/mol. The quantitative estimate of drug-likeness (QED) is 0.264. The molecule has 5 nitrogen and oxygen atoms in total. The van der Waals surface area contributed by atoms with E-state index in [4.69, 9.17) is 34.8 Å². The molecule has 0 radical (unpaired) electrons. The minimum absolute atomic E-state index is 0.00656. The van der Waals surface area contributed by atoms with E-state index in [9.17, 15) is 9.59 Å². The number of anilines is 1. The lowest BCUT2D eigenvalue weighted by Gasteiger charge is -2.39. The second kappa shape index (κ2) is 9.56. The predicted octanol–water partition coefficient (Wildman–Crippen LogP) is 7.18. The molecule has 1 aliphatic heterocycles. The highest BCUT2D eigenvalue weighted by molar-refractivity contribution is 6.35. The number of carbonyl (C=O) groups is 2. The maximum Gasteiger partial charge on any atom is 0.254 e. The van der Waals surface area contributed by atoms with Gasteiger partial charge in [-0.3, -0.25) is 14.5 Å². The van der Waals surface area contributed by atoms with E-state index in [1.807, 2.05) is 71.8 Å². The third-order valence-corrected chi connectivity index (χ3v) is 7.53. The van der Waals surface area contributed by atoms with E-state index in [1.54, 1.807) is 23.1 Å². The van der Waals surface area contributed by atoms with E-state index in [2.05, 4.69) is 4.57 Å². The van der Waals surface area contributed by atoms with Crippen LogP contribution in [0.5, 0.6) is 0 Å². The molecule has 1 aromatic heterocycles. The fraction of sp³-hybridized carbons (Fsp3) is 0.172. The molecular weight excluding hydrogens is 529 g/mol. The molecule has 8 heteroatoms. The summed E-state index contributed by atoms with van der Waals surface area (Å²) in [7, 11) is 0. The van der Waals surface area contributed by atoms with E-state index in [1.165, 1.54) is 0 Å². The molecule has 186 valence electrons. The predicted molar refractivity (Wildman–Crippen MR) is 147 cm³/mol. The molecule has 3 aromatic carbocycles. The Morgan fingerprint density at radius 3 is 2.16 bits per heavy atom. The SMILES string of the molecule is O=C(c1cc(Cl)cc(Cl)c1)N(CC(=O)N1c2ccccc2-n2cccc2C1c1ccc(Cl)cc1)C1CC1. The molecule has 0 spiro atoms. The third-order valence-electron chi connectivity index (χ3n) is 6.84. The molecule has 6 rings (SSSR count). The van der Waals surface area contributed by atoms with Crippen LogP contribution >= 0.6 is 34.8 Å². The van der Waals surface area contributed by atoms with Gasteiger partial charge in [0.1, 0.15) is 12.6 Å². The normalized spacial score (nSPS) is 16.2. The number of rotatable bonds is 5. The van der Waals surface area contributed by atoms with Gasteiger partial charge in [0.05, 0.1) is 17.1 Å². The zero-order chi connectivity index (χ0) is 25.7. The first-order valence-corrected chi connectivity index (χ1v) is 13.2. The summed E-state index contributed by atoms with van der Waals surface area (Å²) in [6.45, 7) is -0.0627. The van der Waals surface area contributed by atoms with Crippen molar-refractivity contribution in [3.63, 3.8) is 0 Å². The van der Waals surface area contributed by atoms with Crippen LogP contribution in [0.4, 0.5) is 5.69 Å². The van der Waals surface area contributed by atoms with E-state index in [0.29, 0.717) is 20.6 Å². The van der Waals surface area contributed by atoms with Crippen molar-refractivity contribution in [1.29, 1.82) is 0 Å². The van der Waals surface area contributed by atoms with Gasteiger partial charge in [0.25, 0.3) is 5.91 Å². The van der Waals surface area contributed by atoms with E-state index < -0.39 is 0 Å². The van der Waals surface area contributed by atoms with Crippen LogP contribution < -0.4 is 4.90 Å². The van der Waals surface area contributed by atoms with Gasteiger partial charge in [-0.25, -0.2) is 0 Å². The van der Waals surface area contributed by atoms with E-state index >= 15 is 0 Å². The summed E-state index contributed by atoms with van der Waals surface area (Å²) in [5, 5.41) is 1.39. The second-order valence-electron chi connectivity index (χ2n) is 9.33. The van der Waals surface area contributed by atoms with Crippen LogP contribution in [0.2, 0.25) is 15.1 Å². The summed E-state index contributed by atoms with van der Waals surface area (Å²) in [5.41, 5.74) is 3.95. The monoisotopic (exact) mass is 549 g/mol. The maximum absolute atomic E-state index is 14.2. The highest BCUT2D eigenvalue weighted by atomic mass is 35.5. The van der Waals surface area contributed by atoms with Crippen molar-refractivity contribution in [3.05, 3.63) is 117 Å². The highest BCUT2D eigenvalue weighted by Gasteiger charge is 2.40. The Balaban J connectivity index is 1.41. The van der Waals surface area contributed by atoms with Gasteiger partial charge in [0.15, 0.2) is 0 Å². The lowest BCUT2D eigenvalue weighted by Crippen LogP contribution is -2.47. The molecule has 37 heavy (non-hydrogen) atoms. The van der Waals surface area contributed by atoms with Gasteiger partial charge >= 0.3 is 0 Å². The van der Waals surface area contributed by atoms with E-state index in [-0.39, 0.29) is 30.4 Å². The number of fused-ring (bicyclic) bond motifs is 3. The molecular formula is C29H22Cl3N3O2. The van der Waals surface area contributed by atoms with Crippen LogP contribution in [-0.4, -0.2) is 33.9 Å². The summed E-state index contributed by atoms with van der Waals surface area (Å²) in [6, 6.07) is 23.7. The van der Waals surface area contributed by atoms with Crippen molar-refractivity contribution < 1.29 is 9.59 Å². The van der Waals surface area contributed by atoms with Crippen molar-refractivity contribution in [2.45, 2.75) is 24.9 Å². The molecule has 1 atom stereocenters. The van der Waals surface area contributed by atoms with Gasteiger partial charge < -0.3 is 9.47 Å². The molecule has 1 aliphatic carbocycles. The zero-order valence-corrected chi connectivity index (χ0v) is 21.9. The van der Waals surface area contributed by atoms with Crippen molar-refractivity contribution in [2.24, 2.45) is 0 Å². The Hall–Kier alpha value is -3.25. The summed E-state index contributed by atoms with van der Waals surface area (Å²) in [4.78, 5) is 31.2. The largest absolute Gasteiger partial charge is 0.326 e. The van der Waals surface area contributed by atoms with Crippen LogP contribution in [-0.2, 0) is 4.79 Å². The number of halogens is 3. The van der Waals surface area contributed by atoms with Crippen molar-refractivity contribution >= 4 is 52.3 Å². The first-order valence-electron chi connectivity index (χ1n) is 12.0. The minimum atomic E-state index is -0.383. The molecule has 1 fully saturated rings. The number of aromatic nitrogens is 1. The van der Waals surface area contributed by atoms with Gasteiger partial charge in [0.2, 0.25) is 5.91 Å². The molecule has 1 saturated carbocycles. The third kappa shape index (κ3) is 4.52. The van der Waals surface area contributed by atoms with Gasteiger partial charge in [-0.05, 0) is 73.0 Å². The van der Waals surface area contributed by atoms with Crippen molar-refractivity contribution in [2.75, 3.05) is 11.4 Å². The van der Waals surface area contributed by atoms with E-state index in [0.717, 1.165) is 35.5 Å². The van der Waals surface area contributed by atoms with Crippen LogP contribution in [0.3, 0.4) is 0 Å². The molecule has 0 bridgehead atoms. The fourth-order valence-corrected chi connectivity index (χ4v) is 5.69. The number of carbonyl (C=O) groups excluding carboxylic acids is 2. The smallest absolute Gasteiger partial charge is 0.254 e. The summed E-state index contributed by atoms with van der Waals surface area (Å²) in [5.74, 6) is -0.426. The molecule has 1 unspecified atom stereocenters. The van der Waals surface area contributed by atoms with Crippen LogP contribution in [0.25, 0.3) is 5.69 Å². The Bertz CT molecular complexity index is 1490. The summed E-state index contributed by atoms with van der Waals surface area (Å²) >= 11 is 18.5. The number of benzene rings is 3. The molecule has 0 saturated heterocycles. The van der Waals surface area contributed by atoms with Crippen LogP contribution in [0.15, 0.2) is 85.1 Å².